The summed E-state index contributed by atoms with van der Waals surface area (Å²) in [4.78, 5) is 18.3. The van der Waals surface area contributed by atoms with E-state index in [1.807, 2.05) is 0 Å². The van der Waals surface area contributed by atoms with Gasteiger partial charge in [-0.2, -0.15) is 49.0 Å². The second-order valence-electron chi connectivity index (χ2n) is 14.2. The van der Waals surface area contributed by atoms with Crippen molar-refractivity contribution >= 4 is 125 Å². The van der Waals surface area contributed by atoms with Crippen LogP contribution in [0.5, 0.6) is 11.5 Å². The van der Waals surface area contributed by atoms with E-state index in [1.54, 1.807) is 0 Å². The zero-order valence-electron chi connectivity index (χ0n) is 34.7. The first-order valence-corrected chi connectivity index (χ1v) is 24.6. The van der Waals surface area contributed by atoms with Crippen molar-refractivity contribution in [1.29, 1.82) is 0 Å². The number of fused-ring (bicyclic) bond motifs is 2. The Morgan fingerprint density at radius 1 is 0.507 bits per heavy atom. The van der Waals surface area contributed by atoms with Crippen molar-refractivity contribution in [3.63, 3.8) is 0 Å². The number of azo groups is 4. The number of benzene rings is 7. The fourth-order valence-electron chi connectivity index (χ4n) is 6.47. The maximum atomic E-state index is 13.0. The van der Waals surface area contributed by atoms with Crippen molar-refractivity contribution in [2.45, 2.75) is 19.6 Å². The van der Waals surface area contributed by atoms with Crippen LogP contribution in [0.4, 0.5) is 56.9 Å². The molecule has 0 spiro atoms. The van der Waals surface area contributed by atoms with Gasteiger partial charge in [0.2, 0.25) is 0 Å². The third-order valence-corrected chi connectivity index (χ3v) is 13.3. The number of carboxylic acids is 1. The Morgan fingerprint density at radius 2 is 1.00 bits per heavy atom. The molecule has 0 atom stereocenters. The second kappa shape index (κ2) is 18.7. The van der Waals surface area contributed by atoms with Gasteiger partial charge in [0.25, 0.3) is 46.2 Å². The molecule has 0 unspecified atom stereocenters. The number of phenols is 2. The molecule has 71 heavy (non-hydrogen) atoms. The number of nitrogens with two attached hydrogens (primary N) is 1. The summed E-state index contributed by atoms with van der Waals surface area (Å²) < 4.78 is 139. The Hall–Kier alpha value is -8.63. The molecule has 7 aromatic rings. The van der Waals surface area contributed by atoms with Gasteiger partial charge in [-0.3, -0.25) is 28.3 Å². The van der Waals surface area contributed by atoms with Crippen molar-refractivity contribution in [1.82, 2.24) is 0 Å². The number of aromatic hydroxyl groups is 2. The maximum absolute atomic E-state index is 13.0. The van der Waals surface area contributed by atoms with Crippen LogP contribution in [-0.2, 0) is 40.5 Å². The van der Waals surface area contributed by atoms with E-state index in [-0.39, 0.29) is 22.0 Å². The van der Waals surface area contributed by atoms with E-state index in [9.17, 15) is 77.6 Å². The van der Waals surface area contributed by atoms with E-state index in [0.29, 0.717) is 18.2 Å². The number of nitrogen functional groups attached to an aromatic ring is 1. The van der Waals surface area contributed by atoms with Gasteiger partial charge >= 0.3 is 5.97 Å². The van der Waals surface area contributed by atoms with Crippen LogP contribution in [0.2, 0.25) is 0 Å². The summed E-state index contributed by atoms with van der Waals surface area (Å²) >= 11 is 0. The van der Waals surface area contributed by atoms with Gasteiger partial charge < -0.3 is 21.1 Å². The first-order chi connectivity index (χ1) is 33.1. The molecule has 9 N–H and O–H groups in total. The molecular weight excluding hydrogens is 1020 g/mol. The number of phenolic OH excluding ortho intramolecular Hbond substituents is 2. The lowest BCUT2D eigenvalue weighted by molar-refractivity contribution is -0.384. The minimum Gasteiger partial charge on any atom is -0.505 e. The maximum Gasteiger partial charge on any atom is 0.338 e. The molecule has 364 valence electrons. The lowest BCUT2D eigenvalue weighted by Crippen LogP contribution is -2.03. The van der Waals surface area contributed by atoms with Gasteiger partial charge in [0, 0.05) is 28.3 Å². The Labute approximate surface area is 396 Å². The second-order valence-corrected chi connectivity index (χ2v) is 19.8. The zero-order valence-corrected chi connectivity index (χ0v) is 37.9. The lowest BCUT2D eigenvalue weighted by atomic mass is 10.1. The topological polar surface area (TPSA) is 463 Å². The van der Waals surface area contributed by atoms with E-state index < -0.39 is 144 Å². The highest BCUT2D eigenvalue weighted by molar-refractivity contribution is 7.87. The van der Waals surface area contributed by atoms with Crippen molar-refractivity contribution in [2.24, 2.45) is 40.9 Å². The molecule has 7 aromatic carbocycles. The summed E-state index contributed by atoms with van der Waals surface area (Å²) in [5, 5.41) is 71.5. The molecule has 0 aliphatic heterocycles. The predicted octanol–water partition coefficient (Wildman–Crippen LogP) is 9.24. The average molecular weight is 1050 g/mol. The molecule has 0 amide bonds. The summed E-state index contributed by atoms with van der Waals surface area (Å²) in [6.45, 7) is 0. The molecule has 28 nitrogen and oxygen atoms in total. The molecule has 0 aliphatic carbocycles. The Balaban J connectivity index is 1.28. The number of non-ortho nitro benzene ring substituents is 1. The van der Waals surface area contributed by atoms with Crippen LogP contribution in [-0.4, -0.2) is 78.1 Å². The molecule has 0 bridgehead atoms. The normalized spacial score (nSPS) is 12.8. The summed E-state index contributed by atoms with van der Waals surface area (Å²) in [6.07, 6.45) is 0. The minimum absolute atomic E-state index is 0.00672. The highest BCUT2D eigenvalue weighted by Gasteiger charge is 2.29. The Morgan fingerprint density at radius 3 is 1.54 bits per heavy atom. The van der Waals surface area contributed by atoms with Gasteiger partial charge in [-0.05, 0) is 84.9 Å². The van der Waals surface area contributed by atoms with Crippen LogP contribution in [0.3, 0.4) is 0 Å². The number of rotatable bonds is 14. The summed E-state index contributed by atoms with van der Waals surface area (Å²) in [6, 6.07) is 17.6. The number of anilines is 1. The van der Waals surface area contributed by atoms with Crippen molar-refractivity contribution < 1.29 is 76.9 Å². The number of hydrogen-bond donors (Lipinski definition) is 8. The highest BCUT2D eigenvalue weighted by Crippen LogP contribution is 2.48. The highest BCUT2D eigenvalue weighted by atomic mass is 32.2. The molecule has 0 radical (unpaired) electrons. The van der Waals surface area contributed by atoms with Crippen LogP contribution in [0.25, 0.3) is 21.5 Å². The third-order valence-electron chi connectivity index (χ3n) is 9.70. The standard InChI is InChI=1S/C39H26N10O18S4/c40-34-30(17-31(69(59,60)61)24-11-13-28(37(51)33(24)34)45-44-27-12-7-21(49(54)55)15-26(27)39(52)53)47-46-29-14-10-23-25(38(29)71(65,66)67)16-32(70(62,63)64)35(36(23)50)48-43-19-3-1-18(2-4-19)41-42-20-5-8-22(9-6-20)68(56,57)58/h1-17,50-51H,40H2,(H,52,53)(H,56,57,58)(H,59,60,61)(H,62,63,64)(H,65,66,67). The van der Waals surface area contributed by atoms with E-state index >= 15 is 0 Å². The smallest absolute Gasteiger partial charge is 0.338 e. The minimum atomic E-state index is -5.53. The zero-order chi connectivity index (χ0) is 52.0. The van der Waals surface area contributed by atoms with Gasteiger partial charge in [0.15, 0.2) is 11.5 Å². The number of hydrogen-bond acceptors (Lipinski definition) is 22. The third kappa shape index (κ3) is 10.7. The van der Waals surface area contributed by atoms with Gasteiger partial charge in [0.1, 0.15) is 43.1 Å². The Bertz CT molecular complexity index is 4020. The number of nitrogens with zero attached hydrogens (tertiary/aromatic N) is 9. The van der Waals surface area contributed by atoms with Crippen molar-refractivity contribution in [3.8, 4) is 11.5 Å². The quantitative estimate of drug-likeness (QED) is 0.0165. The molecule has 0 saturated carbocycles. The summed E-state index contributed by atoms with van der Waals surface area (Å²) in [5.41, 5.74) is 1.48. The van der Waals surface area contributed by atoms with Crippen LogP contribution >= 0.6 is 0 Å². The average Bonchev–Trinajstić information content (AvgIpc) is 3.28. The largest absolute Gasteiger partial charge is 0.505 e. The van der Waals surface area contributed by atoms with Crippen LogP contribution < -0.4 is 5.73 Å². The fourth-order valence-corrected chi connectivity index (χ4v) is 9.13. The number of carbonyl (C=O) groups is 1. The van der Waals surface area contributed by atoms with Crippen LogP contribution in [0.1, 0.15) is 10.4 Å². The van der Waals surface area contributed by atoms with Crippen molar-refractivity contribution in [2.75, 3.05) is 5.73 Å². The van der Waals surface area contributed by atoms with Gasteiger partial charge in [-0.25, -0.2) is 4.79 Å². The number of nitro groups is 1. The molecule has 0 fully saturated rings. The summed E-state index contributed by atoms with van der Waals surface area (Å²) in [7, 11) is -20.6. The molecule has 7 rings (SSSR count). The molecular formula is C39H26N10O18S4. The first kappa shape index (κ1) is 50.3. The molecule has 0 saturated heterocycles. The van der Waals surface area contributed by atoms with Crippen LogP contribution in [0.15, 0.2) is 164 Å². The van der Waals surface area contributed by atoms with E-state index in [4.69, 9.17) is 10.3 Å². The van der Waals surface area contributed by atoms with Gasteiger partial charge in [-0.15, -0.1) is 25.6 Å². The number of nitro benzene ring substituents is 1. The van der Waals surface area contributed by atoms with Crippen molar-refractivity contribution in [3.05, 3.63) is 119 Å². The van der Waals surface area contributed by atoms with E-state index in [0.717, 1.165) is 48.5 Å². The molecule has 32 heteroatoms. The van der Waals surface area contributed by atoms with Crippen LogP contribution in [0, 0.1) is 10.1 Å². The fraction of sp³-hybridized carbons (Fsp3) is 0. The molecule has 0 heterocycles. The van der Waals surface area contributed by atoms with E-state index in [1.165, 1.54) is 36.4 Å². The summed E-state index contributed by atoms with van der Waals surface area (Å²) in [5.74, 6) is -3.67. The van der Waals surface area contributed by atoms with Gasteiger partial charge in [-0.1, -0.05) is 6.07 Å². The molecule has 0 aliphatic rings. The number of carboxylic acid groups (broad SMARTS) is 1. The monoisotopic (exact) mass is 1050 g/mol. The SMILES string of the molecule is Nc1c(N=Nc2ccc3c(O)c(N=Nc4ccc(N=Nc5ccc(S(=O)(=O)O)cc5)cc4)c(S(=O)(=O)O)cc3c2S(=O)(=O)O)cc(S(=O)(=O)O)c2ccc(N=Nc3ccc([N+](=O)[O-])cc3C(=O)O)c(O)c12. The lowest BCUT2D eigenvalue weighted by Gasteiger charge is -2.13. The Kier molecular flexibility index (Phi) is 13.2. The number of aromatic carboxylic acids is 1. The first-order valence-electron chi connectivity index (χ1n) is 18.8. The van der Waals surface area contributed by atoms with E-state index in [2.05, 4.69) is 40.9 Å². The predicted molar refractivity (Wildman–Crippen MR) is 245 cm³/mol. The van der Waals surface area contributed by atoms with Gasteiger partial charge in [0.05, 0.1) is 43.5 Å². The molecule has 0 aromatic heterocycles.